The molecular formula is C61H81FN10O14S. The first kappa shape index (κ1) is 68.2. The molecule has 3 atom stereocenters. The number of H-pyrrole nitrogens is 1. The van der Waals surface area contributed by atoms with E-state index >= 15 is 0 Å². The van der Waals surface area contributed by atoms with Crippen LogP contribution in [0.5, 0.6) is 11.5 Å². The number of benzene rings is 3. The largest absolute Gasteiger partial charge is 0.493 e. The molecule has 1 saturated heterocycles. The lowest BCUT2D eigenvalue weighted by molar-refractivity contribution is -0.164. The molecule has 24 nitrogen and oxygen atoms in total. The van der Waals surface area contributed by atoms with Crippen LogP contribution in [0.25, 0.3) is 11.2 Å². The zero-order valence-electron chi connectivity index (χ0n) is 50.3. The number of nitrogens with two attached hydrogens (primary N) is 1. The second-order valence-electron chi connectivity index (χ2n) is 21.4. The van der Waals surface area contributed by atoms with Gasteiger partial charge in [-0.05, 0) is 104 Å². The average Bonchev–Trinajstić information content (AvgIpc) is 2.96. The van der Waals surface area contributed by atoms with Crippen molar-refractivity contribution in [2.24, 2.45) is 5.41 Å². The summed E-state index contributed by atoms with van der Waals surface area (Å²) in [5, 5.41) is 11.5. The molecular weight excluding hydrogens is 1150 g/mol. The number of esters is 1. The van der Waals surface area contributed by atoms with E-state index in [1.807, 2.05) is 19.1 Å². The number of carbonyl (C=O) groups excluding carboxylic acids is 7. The number of aromatic nitrogens is 4. The third-order valence-electron chi connectivity index (χ3n) is 14.5. The summed E-state index contributed by atoms with van der Waals surface area (Å²) in [6.45, 7) is 9.63. The molecule has 1 aliphatic heterocycles. The lowest BCUT2D eigenvalue weighted by Gasteiger charge is -2.36. The van der Waals surface area contributed by atoms with E-state index in [2.05, 4.69) is 36.2 Å². The number of aromatic amines is 1. The Morgan fingerprint density at radius 3 is 2.17 bits per heavy atom. The monoisotopic (exact) mass is 1230 g/mol. The van der Waals surface area contributed by atoms with Crippen molar-refractivity contribution in [3.05, 3.63) is 99.6 Å². The van der Waals surface area contributed by atoms with Crippen LogP contribution in [0.15, 0.2) is 76.7 Å². The predicted molar refractivity (Wildman–Crippen MR) is 324 cm³/mol. The number of likely N-dealkylation sites (tertiary alicyclic amines) is 1. The number of methoxy groups -OCH3 is 2. The normalized spacial score (nSPS) is 14.0. The highest BCUT2D eigenvalue weighted by Crippen LogP contribution is 2.33. The quantitative estimate of drug-likeness (QED) is 0.0123. The van der Waals surface area contributed by atoms with Gasteiger partial charge in [-0.25, -0.2) is 14.2 Å². The molecule has 2 unspecified atom stereocenters. The molecule has 1 fully saturated rings. The number of Topliss-reactive ketones (excluding diaryl/α,β-unsaturated/α-hetero) is 1. The van der Waals surface area contributed by atoms with Crippen molar-refractivity contribution < 1.29 is 66.4 Å². The van der Waals surface area contributed by atoms with Crippen molar-refractivity contribution in [1.82, 2.24) is 40.4 Å². The third kappa shape index (κ3) is 21.2. The Bertz CT molecular complexity index is 3200. The molecule has 87 heavy (non-hydrogen) atoms. The lowest BCUT2D eigenvalue weighted by atomic mass is 9.84. The van der Waals surface area contributed by atoms with Crippen LogP contribution in [0.3, 0.4) is 0 Å². The van der Waals surface area contributed by atoms with E-state index in [1.165, 1.54) is 24.0 Å². The number of ketones is 1. The van der Waals surface area contributed by atoms with Crippen LogP contribution in [0.2, 0.25) is 0 Å². The molecule has 3 heterocycles. The van der Waals surface area contributed by atoms with Crippen molar-refractivity contribution in [3.63, 3.8) is 0 Å². The number of thioether (sulfide) groups is 1. The van der Waals surface area contributed by atoms with Gasteiger partial charge in [-0.2, -0.15) is 4.98 Å². The van der Waals surface area contributed by atoms with Crippen molar-refractivity contribution >= 4 is 75.8 Å². The highest BCUT2D eigenvalue weighted by atomic mass is 32.2. The van der Waals surface area contributed by atoms with Gasteiger partial charge in [-0.1, -0.05) is 62.9 Å². The van der Waals surface area contributed by atoms with Gasteiger partial charge in [0.2, 0.25) is 35.4 Å². The van der Waals surface area contributed by atoms with Gasteiger partial charge in [-0.15, -0.1) is 0 Å². The molecule has 5 aromatic rings. The van der Waals surface area contributed by atoms with Gasteiger partial charge in [0, 0.05) is 69.5 Å². The van der Waals surface area contributed by atoms with E-state index in [-0.39, 0.29) is 67.2 Å². The molecule has 0 bridgehead atoms. The fourth-order valence-electron chi connectivity index (χ4n) is 9.27. The molecule has 0 radical (unpaired) electrons. The number of amides is 5. The number of nitrogens with zero attached hydrogens (tertiary/aromatic N) is 4. The van der Waals surface area contributed by atoms with Crippen LogP contribution < -0.4 is 42.0 Å². The van der Waals surface area contributed by atoms with E-state index in [9.17, 15) is 42.7 Å². The van der Waals surface area contributed by atoms with Gasteiger partial charge in [-0.3, -0.25) is 43.1 Å². The number of carbonyl (C=O) groups is 7. The summed E-state index contributed by atoms with van der Waals surface area (Å²) in [6, 6.07) is 16.4. The lowest BCUT2D eigenvalue weighted by Crippen LogP contribution is -2.53. The number of imidazole rings is 1. The molecule has 1 aliphatic rings. The fourth-order valence-corrected chi connectivity index (χ4v) is 10.3. The third-order valence-corrected chi connectivity index (χ3v) is 15.5. The van der Waals surface area contributed by atoms with Crippen LogP contribution in [-0.2, 0) is 65.5 Å². The van der Waals surface area contributed by atoms with Crippen molar-refractivity contribution in [2.45, 2.75) is 122 Å². The summed E-state index contributed by atoms with van der Waals surface area (Å²) in [4.78, 5) is 117. The van der Waals surface area contributed by atoms with Gasteiger partial charge in [0.1, 0.15) is 24.0 Å². The maximum atomic E-state index is 14.1. The minimum Gasteiger partial charge on any atom is -0.493 e. The number of hydrogen-bond donors (Lipinski definition) is 6. The molecule has 3 aromatic carbocycles. The van der Waals surface area contributed by atoms with Crippen LogP contribution >= 0.6 is 11.8 Å². The number of nitrogens with one attached hydrogen (secondary N) is 5. The Hall–Kier alpha value is -7.94. The molecule has 2 aromatic heterocycles. The number of nitrogen functional groups attached to an aromatic ring is 1. The summed E-state index contributed by atoms with van der Waals surface area (Å²) in [5.41, 5.74) is 7.29. The molecule has 7 N–H and O–H groups in total. The number of fused-ring (bicyclic) bond motifs is 1. The summed E-state index contributed by atoms with van der Waals surface area (Å²) in [7, 11) is 3.10. The molecule has 26 heteroatoms. The number of rotatable bonds is 36. The van der Waals surface area contributed by atoms with Crippen LogP contribution in [-0.4, -0.2) is 157 Å². The molecule has 472 valence electrons. The second kappa shape index (κ2) is 34.4. The van der Waals surface area contributed by atoms with E-state index in [0.717, 1.165) is 17.3 Å². The summed E-state index contributed by atoms with van der Waals surface area (Å²) in [5.74, 6) is -2.71. The Balaban J connectivity index is 0.846. The van der Waals surface area contributed by atoms with E-state index in [1.54, 1.807) is 75.1 Å². The number of piperidine rings is 1. The van der Waals surface area contributed by atoms with Crippen molar-refractivity contribution in [2.75, 3.05) is 90.3 Å². The Morgan fingerprint density at radius 1 is 0.828 bits per heavy atom. The topological polar surface area (TPSA) is 316 Å². The van der Waals surface area contributed by atoms with E-state index < -0.39 is 64.5 Å². The number of hydrogen-bond acceptors (Lipinski definition) is 18. The Labute approximate surface area is 509 Å². The first-order valence-electron chi connectivity index (χ1n) is 29.1. The second-order valence-corrected chi connectivity index (χ2v) is 22.4. The first-order valence-corrected chi connectivity index (χ1v) is 30.1. The summed E-state index contributed by atoms with van der Waals surface area (Å²) in [6.07, 6.45) is 3.05. The highest BCUT2D eigenvalue weighted by molar-refractivity contribution is 7.99. The predicted octanol–water partition coefficient (Wildman–Crippen LogP) is 5.59. The van der Waals surface area contributed by atoms with E-state index in [0.29, 0.717) is 131 Å². The number of ether oxygens (including phenoxy) is 6. The SMILES string of the molecule is CCC(C)(C)C(=O)C(=O)N1CCCCC1C(=O)OC(CCc1ccc(OC)c(OC)c1)c1cccc(NC(=O)CCC(=O)NCCCOCCOCCOCCCNC(=O)[C@H](CSc2nc3c(=O)[nH]c(N)nc3n2Cc2ccc(F)cc2)NC(C)=O)c1. The van der Waals surface area contributed by atoms with Crippen LogP contribution in [0.1, 0.15) is 108 Å². The number of anilines is 2. The number of halogens is 1. The molecule has 6 rings (SSSR count). The molecule has 0 saturated carbocycles. The van der Waals surface area contributed by atoms with Crippen LogP contribution in [0.4, 0.5) is 16.0 Å². The smallest absolute Gasteiger partial charge is 0.329 e. The summed E-state index contributed by atoms with van der Waals surface area (Å²) < 4.78 is 49.3. The van der Waals surface area contributed by atoms with Gasteiger partial charge in [0.05, 0.1) is 47.2 Å². The molecule has 0 aliphatic carbocycles. The van der Waals surface area contributed by atoms with Gasteiger partial charge in [0.25, 0.3) is 11.5 Å². The van der Waals surface area contributed by atoms with Crippen molar-refractivity contribution in [1.29, 1.82) is 0 Å². The highest BCUT2D eigenvalue weighted by Gasteiger charge is 2.41. The minimum atomic E-state index is -0.942. The molecule has 5 amide bonds. The zero-order valence-corrected chi connectivity index (χ0v) is 51.1. The number of aryl methyl sites for hydroxylation is 1. The fraction of sp³-hybridized carbons (Fsp3) is 0.508. The van der Waals surface area contributed by atoms with E-state index in [4.69, 9.17) is 34.2 Å². The van der Waals surface area contributed by atoms with Gasteiger partial charge < -0.3 is 60.3 Å². The Kier molecular flexibility index (Phi) is 27.0. The maximum Gasteiger partial charge on any atom is 0.329 e. The molecule has 0 spiro atoms. The zero-order chi connectivity index (χ0) is 62.9. The van der Waals surface area contributed by atoms with Gasteiger partial charge >= 0.3 is 5.97 Å². The standard InChI is InChI=1S/C61H81FN10O14S/c1-7-61(3,4)53(76)57(79)71-28-9-8-15-46(71)58(80)86-47(22-18-40-19-23-48(81-5)49(35-40)82-6)42-13-10-14-44(36-42)67-51(75)25-24-50(74)64-26-11-29-83-31-33-85-34-32-84-30-12-27-65-55(77)45(66-39(2)73)38-87-60-68-52-54(69-59(63)70-56(52)78)72(60)37-41-16-20-43(62)21-17-41/h10,13-14,16-17,19-21,23,35-36,45-47H,7-9,11-12,15,18,22,24-34,37-38H2,1-6H3,(H,64,74)(H,65,77)(H,66,73)(H,67,75)(H3,63,69,70,78)/t45-,46?,47?/m0/s1. The average molecular weight is 1230 g/mol. The minimum absolute atomic E-state index is 0.0375. The Morgan fingerprint density at radius 2 is 1.49 bits per heavy atom. The first-order chi connectivity index (χ1) is 41.8. The van der Waals surface area contributed by atoms with Crippen LogP contribution in [0, 0.1) is 11.2 Å². The van der Waals surface area contributed by atoms with Crippen molar-refractivity contribution in [3.8, 4) is 11.5 Å². The summed E-state index contributed by atoms with van der Waals surface area (Å²) >= 11 is 1.13. The van der Waals surface area contributed by atoms with Gasteiger partial charge in [0.15, 0.2) is 27.8 Å². The maximum absolute atomic E-state index is 14.1.